The van der Waals surface area contributed by atoms with Crippen LogP contribution in [0.4, 0.5) is 0 Å². The van der Waals surface area contributed by atoms with E-state index in [1.165, 1.54) is 25.8 Å². The Bertz CT molecular complexity index is 251. The van der Waals surface area contributed by atoms with Crippen molar-refractivity contribution in [2.24, 2.45) is 11.7 Å². The molecule has 1 unspecified atom stereocenters. The lowest BCUT2D eigenvalue weighted by molar-refractivity contribution is -0.120. The number of amides is 1. The molecule has 0 spiro atoms. The Labute approximate surface area is 111 Å². The fourth-order valence-corrected chi connectivity index (χ4v) is 2.30. The number of nitrogens with zero attached hydrogens (tertiary/aromatic N) is 1. The van der Waals surface area contributed by atoms with Crippen molar-refractivity contribution in [3.8, 4) is 0 Å². The molecule has 1 saturated carbocycles. The van der Waals surface area contributed by atoms with Gasteiger partial charge in [-0.3, -0.25) is 4.79 Å². The summed E-state index contributed by atoms with van der Waals surface area (Å²) in [6, 6.07) is 0.106. The third-order valence-electron chi connectivity index (χ3n) is 3.37. The highest BCUT2D eigenvalue weighted by Crippen LogP contribution is 2.29. The number of primary amides is 1. The second-order valence-corrected chi connectivity index (χ2v) is 5.81. The van der Waals surface area contributed by atoms with E-state index in [-0.39, 0.29) is 11.9 Å². The van der Waals surface area contributed by atoms with Crippen molar-refractivity contribution in [3.63, 3.8) is 0 Å². The van der Waals surface area contributed by atoms with E-state index < -0.39 is 0 Å². The normalized spacial score (nSPS) is 17.4. The van der Waals surface area contributed by atoms with Crippen LogP contribution in [-0.4, -0.2) is 42.5 Å². The monoisotopic (exact) mass is 255 g/mol. The number of hydrogen-bond acceptors (Lipinski definition) is 3. The number of nitrogens with two attached hydrogens (primary N) is 1. The van der Waals surface area contributed by atoms with Crippen molar-refractivity contribution in [2.45, 2.75) is 58.5 Å². The SMILES string of the molecule is CCCN(CCC(NC(C)C)C(N)=O)CC1CC1. The second-order valence-electron chi connectivity index (χ2n) is 5.81. The Kier molecular flexibility index (Phi) is 6.65. The first-order valence-corrected chi connectivity index (χ1v) is 7.30. The van der Waals surface area contributed by atoms with Gasteiger partial charge in [-0.2, -0.15) is 0 Å². The summed E-state index contributed by atoms with van der Waals surface area (Å²) in [5, 5.41) is 3.24. The Morgan fingerprint density at radius 2 is 2.06 bits per heavy atom. The van der Waals surface area contributed by atoms with Crippen molar-refractivity contribution in [2.75, 3.05) is 19.6 Å². The van der Waals surface area contributed by atoms with Crippen LogP contribution in [0.2, 0.25) is 0 Å². The molecule has 0 radical (unpaired) electrons. The lowest BCUT2D eigenvalue weighted by Crippen LogP contribution is -2.46. The Morgan fingerprint density at radius 1 is 1.39 bits per heavy atom. The molecule has 3 N–H and O–H groups in total. The van der Waals surface area contributed by atoms with Crippen molar-refractivity contribution >= 4 is 5.91 Å². The summed E-state index contributed by atoms with van der Waals surface area (Å²) in [4.78, 5) is 13.9. The predicted octanol–water partition coefficient (Wildman–Crippen LogP) is 1.35. The van der Waals surface area contributed by atoms with E-state index >= 15 is 0 Å². The maximum atomic E-state index is 11.4. The lowest BCUT2D eigenvalue weighted by Gasteiger charge is -2.25. The van der Waals surface area contributed by atoms with E-state index in [0.717, 1.165) is 25.4 Å². The molecule has 18 heavy (non-hydrogen) atoms. The molecule has 1 rings (SSSR count). The molecular formula is C14H29N3O. The van der Waals surface area contributed by atoms with E-state index in [2.05, 4.69) is 17.1 Å². The maximum Gasteiger partial charge on any atom is 0.234 e. The highest BCUT2D eigenvalue weighted by atomic mass is 16.1. The van der Waals surface area contributed by atoms with Gasteiger partial charge in [0.1, 0.15) is 0 Å². The zero-order valence-electron chi connectivity index (χ0n) is 12.1. The Hall–Kier alpha value is -0.610. The van der Waals surface area contributed by atoms with E-state index in [4.69, 9.17) is 5.73 Å². The molecule has 106 valence electrons. The van der Waals surface area contributed by atoms with E-state index in [9.17, 15) is 4.79 Å². The number of carbonyl (C=O) groups is 1. The standard InChI is InChI=1S/C14H29N3O/c1-4-8-17(10-12-5-6-12)9-7-13(14(15)18)16-11(2)3/h11-13,16H,4-10H2,1-3H3,(H2,15,18). The van der Waals surface area contributed by atoms with Crippen LogP contribution in [0.1, 0.15) is 46.5 Å². The van der Waals surface area contributed by atoms with Gasteiger partial charge in [-0.1, -0.05) is 20.8 Å². The zero-order chi connectivity index (χ0) is 13.5. The number of hydrogen-bond donors (Lipinski definition) is 2. The molecule has 1 fully saturated rings. The van der Waals surface area contributed by atoms with Crippen LogP contribution in [0, 0.1) is 5.92 Å². The van der Waals surface area contributed by atoms with Crippen LogP contribution in [0.5, 0.6) is 0 Å². The second kappa shape index (κ2) is 7.74. The van der Waals surface area contributed by atoms with Crippen LogP contribution in [0.3, 0.4) is 0 Å². The molecule has 0 aromatic heterocycles. The molecular weight excluding hydrogens is 226 g/mol. The average molecular weight is 255 g/mol. The molecule has 1 atom stereocenters. The third kappa shape index (κ3) is 6.36. The van der Waals surface area contributed by atoms with Crippen LogP contribution in [0.25, 0.3) is 0 Å². The number of rotatable bonds is 10. The first kappa shape index (κ1) is 15.4. The summed E-state index contributed by atoms with van der Waals surface area (Å²) in [5.74, 6) is 0.674. The Morgan fingerprint density at radius 3 is 2.50 bits per heavy atom. The van der Waals surface area contributed by atoms with Crippen molar-refractivity contribution in [3.05, 3.63) is 0 Å². The summed E-state index contributed by atoms with van der Waals surface area (Å²) in [6.45, 7) is 9.59. The van der Waals surface area contributed by atoms with E-state index in [0.29, 0.717) is 6.04 Å². The quantitative estimate of drug-likeness (QED) is 0.619. The molecule has 0 aromatic rings. The van der Waals surface area contributed by atoms with Gasteiger partial charge in [0, 0.05) is 19.1 Å². The van der Waals surface area contributed by atoms with Crippen LogP contribution in [-0.2, 0) is 4.79 Å². The van der Waals surface area contributed by atoms with Crippen LogP contribution in [0.15, 0.2) is 0 Å². The fourth-order valence-electron chi connectivity index (χ4n) is 2.30. The molecule has 4 heteroatoms. The summed E-state index contributed by atoms with van der Waals surface area (Å²) >= 11 is 0. The van der Waals surface area contributed by atoms with Gasteiger partial charge in [-0.25, -0.2) is 0 Å². The topological polar surface area (TPSA) is 58.4 Å². The van der Waals surface area contributed by atoms with Gasteiger partial charge in [-0.05, 0) is 38.1 Å². The minimum absolute atomic E-state index is 0.191. The van der Waals surface area contributed by atoms with Crippen molar-refractivity contribution < 1.29 is 4.79 Å². The summed E-state index contributed by atoms with van der Waals surface area (Å²) in [6.07, 6.45) is 4.75. The highest BCUT2D eigenvalue weighted by Gasteiger charge is 2.25. The smallest absolute Gasteiger partial charge is 0.234 e. The largest absolute Gasteiger partial charge is 0.368 e. The van der Waals surface area contributed by atoms with Gasteiger partial charge in [0.15, 0.2) is 0 Å². The highest BCUT2D eigenvalue weighted by molar-refractivity contribution is 5.79. The molecule has 0 heterocycles. The molecule has 4 nitrogen and oxygen atoms in total. The van der Waals surface area contributed by atoms with E-state index in [1.54, 1.807) is 0 Å². The average Bonchev–Trinajstić information content (AvgIpc) is 3.07. The summed E-state index contributed by atoms with van der Waals surface area (Å²) in [7, 11) is 0. The fraction of sp³-hybridized carbons (Fsp3) is 0.929. The molecule has 0 aliphatic heterocycles. The van der Waals surface area contributed by atoms with Crippen molar-refractivity contribution in [1.82, 2.24) is 10.2 Å². The first-order valence-electron chi connectivity index (χ1n) is 7.30. The summed E-state index contributed by atoms with van der Waals surface area (Å²) in [5.41, 5.74) is 5.44. The first-order chi connectivity index (χ1) is 8.52. The molecule has 0 bridgehead atoms. The van der Waals surface area contributed by atoms with Gasteiger partial charge >= 0.3 is 0 Å². The minimum atomic E-state index is -0.230. The van der Waals surface area contributed by atoms with Crippen LogP contribution < -0.4 is 11.1 Å². The molecule has 1 amide bonds. The van der Waals surface area contributed by atoms with Crippen LogP contribution >= 0.6 is 0 Å². The van der Waals surface area contributed by atoms with Gasteiger partial charge in [0.05, 0.1) is 6.04 Å². The van der Waals surface area contributed by atoms with Gasteiger partial charge in [-0.15, -0.1) is 0 Å². The molecule has 1 aliphatic carbocycles. The zero-order valence-corrected chi connectivity index (χ0v) is 12.1. The van der Waals surface area contributed by atoms with Gasteiger partial charge < -0.3 is 16.0 Å². The lowest BCUT2D eigenvalue weighted by atomic mass is 10.1. The Balaban J connectivity index is 2.33. The molecule has 0 aromatic carbocycles. The minimum Gasteiger partial charge on any atom is -0.368 e. The summed E-state index contributed by atoms with van der Waals surface area (Å²) < 4.78 is 0. The van der Waals surface area contributed by atoms with Crippen molar-refractivity contribution in [1.29, 1.82) is 0 Å². The third-order valence-corrected chi connectivity index (χ3v) is 3.37. The maximum absolute atomic E-state index is 11.4. The predicted molar refractivity (Wildman–Crippen MR) is 75.3 cm³/mol. The number of nitrogens with one attached hydrogen (secondary N) is 1. The van der Waals surface area contributed by atoms with Gasteiger partial charge in [0.2, 0.25) is 5.91 Å². The molecule has 0 saturated heterocycles. The molecule has 1 aliphatic rings. The van der Waals surface area contributed by atoms with E-state index in [1.807, 2.05) is 13.8 Å². The number of carbonyl (C=O) groups excluding carboxylic acids is 1. The van der Waals surface area contributed by atoms with Gasteiger partial charge in [0.25, 0.3) is 0 Å².